The number of H-pyrrole nitrogens is 1. The standard InChI is InChI=1S/C13H9N2O/c16-12-4-2-1-3-10(12)11-6-5-9-7-8-14-13(9)15-11/h1-2,4-8,16H,(H,14,15). The van der Waals surface area contributed by atoms with Crippen LogP contribution in [0.25, 0.3) is 22.3 Å². The normalized spacial score (nSPS) is 10.8. The number of phenolic OH excluding ortho intramolecular Hbond substituents is 1. The molecular weight excluding hydrogens is 200 g/mol. The van der Waals surface area contributed by atoms with Crippen molar-refractivity contribution < 1.29 is 5.11 Å². The smallest absolute Gasteiger partial charge is 0.137 e. The second-order valence-electron chi connectivity index (χ2n) is 3.54. The van der Waals surface area contributed by atoms with Crippen LogP contribution in [0.2, 0.25) is 0 Å². The summed E-state index contributed by atoms with van der Waals surface area (Å²) in [6, 6.07) is 13.9. The molecule has 0 fully saturated rings. The zero-order valence-electron chi connectivity index (χ0n) is 8.44. The maximum atomic E-state index is 9.71. The number of aromatic amines is 1. The van der Waals surface area contributed by atoms with Gasteiger partial charge in [0.25, 0.3) is 0 Å². The monoisotopic (exact) mass is 209 g/mol. The molecule has 0 saturated carbocycles. The fourth-order valence-corrected chi connectivity index (χ4v) is 1.70. The molecule has 0 unspecified atom stereocenters. The van der Waals surface area contributed by atoms with E-state index in [0.29, 0.717) is 11.3 Å². The van der Waals surface area contributed by atoms with Gasteiger partial charge in [-0.25, -0.2) is 4.98 Å². The van der Waals surface area contributed by atoms with Gasteiger partial charge in [0.1, 0.15) is 11.4 Å². The summed E-state index contributed by atoms with van der Waals surface area (Å²) in [7, 11) is 0. The fraction of sp³-hybridized carbons (Fsp3) is 0. The van der Waals surface area contributed by atoms with Crippen LogP contribution < -0.4 is 0 Å². The van der Waals surface area contributed by atoms with Crippen LogP contribution in [0, 0.1) is 6.07 Å². The summed E-state index contributed by atoms with van der Waals surface area (Å²) >= 11 is 0. The van der Waals surface area contributed by atoms with Gasteiger partial charge in [0.2, 0.25) is 0 Å². The summed E-state index contributed by atoms with van der Waals surface area (Å²) in [5.41, 5.74) is 2.15. The highest BCUT2D eigenvalue weighted by Crippen LogP contribution is 2.27. The second-order valence-corrected chi connectivity index (χ2v) is 3.54. The van der Waals surface area contributed by atoms with Crippen molar-refractivity contribution in [2.24, 2.45) is 0 Å². The number of aromatic hydroxyl groups is 1. The van der Waals surface area contributed by atoms with Crippen LogP contribution in [0.5, 0.6) is 5.75 Å². The molecule has 2 N–H and O–H groups in total. The molecule has 2 heterocycles. The first-order valence-electron chi connectivity index (χ1n) is 4.99. The van der Waals surface area contributed by atoms with E-state index >= 15 is 0 Å². The third kappa shape index (κ3) is 1.34. The van der Waals surface area contributed by atoms with Crippen molar-refractivity contribution in [3.8, 4) is 17.0 Å². The number of nitrogens with zero attached hydrogens (tertiary/aromatic N) is 1. The van der Waals surface area contributed by atoms with Gasteiger partial charge in [0.15, 0.2) is 0 Å². The van der Waals surface area contributed by atoms with Gasteiger partial charge in [0.05, 0.1) is 5.69 Å². The van der Waals surface area contributed by atoms with E-state index in [-0.39, 0.29) is 5.75 Å². The summed E-state index contributed by atoms with van der Waals surface area (Å²) < 4.78 is 0. The molecule has 0 aliphatic heterocycles. The van der Waals surface area contributed by atoms with Crippen LogP contribution >= 0.6 is 0 Å². The van der Waals surface area contributed by atoms with E-state index in [1.807, 2.05) is 24.4 Å². The Morgan fingerprint density at radius 3 is 3.00 bits per heavy atom. The molecular formula is C13H9N2O. The number of phenols is 1. The number of hydrogen-bond donors (Lipinski definition) is 2. The average Bonchev–Trinajstić information content (AvgIpc) is 2.76. The summed E-state index contributed by atoms with van der Waals surface area (Å²) in [4.78, 5) is 7.46. The van der Waals surface area contributed by atoms with E-state index in [1.165, 1.54) is 0 Å². The van der Waals surface area contributed by atoms with Crippen LogP contribution in [0.15, 0.2) is 42.6 Å². The van der Waals surface area contributed by atoms with Gasteiger partial charge in [-0.1, -0.05) is 12.1 Å². The Hall–Kier alpha value is -2.29. The molecule has 1 radical (unpaired) electrons. The Morgan fingerprint density at radius 1 is 1.19 bits per heavy atom. The van der Waals surface area contributed by atoms with Crippen LogP contribution in [0.4, 0.5) is 0 Å². The van der Waals surface area contributed by atoms with Crippen LogP contribution in [0.1, 0.15) is 0 Å². The maximum Gasteiger partial charge on any atom is 0.137 e. The van der Waals surface area contributed by atoms with Crippen molar-refractivity contribution in [3.63, 3.8) is 0 Å². The summed E-state index contributed by atoms with van der Waals surface area (Å²) in [6.07, 6.45) is 1.84. The number of pyridine rings is 1. The summed E-state index contributed by atoms with van der Waals surface area (Å²) in [5, 5.41) is 10.8. The van der Waals surface area contributed by atoms with E-state index in [9.17, 15) is 5.11 Å². The van der Waals surface area contributed by atoms with Crippen LogP contribution in [-0.4, -0.2) is 15.1 Å². The second kappa shape index (κ2) is 3.38. The Balaban J connectivity index is 2.22. The maximum absolute atomic E-state index is 9.71. The predicted octanol–water partition coefficient (Wildman–Crippen LogP) is 2.74. The molecule has 0 aliphatic rings. The van der Waals surface area contributed by atoms with Gasteiger partial charge in [-0.15, -0.1) is 0 Å². The SMILES string of the molecule is Oc1ccc[c]c1-c1ccc2cc[nH]c2n1. The van der Waals surface area contributed by atoms with Gasteiger partial charge in [-0.05, 0) is 30.3 Å². The predicted molar refractivity (Wildman–Crippen MR) is 62.0 cm³/mol. The van der Waals surface area contributed by atoms with E-state index in [1.54, 1.807) is 18.2 Å². The number of aromatic nitrogens is 2. The van der Waals surface area contributed by atoms with Gasteiger partial charge in [0, 0.05) is 17.1 Å². The molecule has 3 rings (SSSR count). The molecule has 0 spiro atoms. The number of benzene rings is 1. The molecule has 0 amide bonds. The lowest BCUT2D eigenvalue weighted by atomic mass is 10.1. The van der Waals surface area contributed by atoms with Crippen molar-refractivity contribution in [1.82, 2.24) is 9.97 Å². The molecule has 0 bridgehead atoms. The third-order valence-electron chi connectivity index (χ3n) is 2.50. The lowest BCUT2D eigenvalue weighted by Crippen LogP contribution is -1.85. The summed E-state index contributed by atoms with van der Waals surface area (Å²) in [5.74, 6) is 0.195. The van der Waals surface area contributed by atoms with Gasteiger partial charge < -0.3 is 10.1 Å². The first-order valence-corrected chi connectivity index (χ1v) is 4.99. The first kappa shape index (κ1) is 8.97. The topological polar surface area (TPSA) is 48.9 Å². The van der Waals surface area contributed by atoms with E-state index in [4.69, 9.17) is 0 Å². The lowest BCUT2D eigenvalue weighted by Gasteiger charge is -2.02. The minimum Gasteiger partial charge on any atom is -0.507 e. The quantitative estimate of drug-likeness (QED) is 0.647. The number of hydrogen-bond acceptors (Lipinski definition) is 2. The van der Waals surface area contributed by atoms with Crippen molar-refractivity contribution in [1.29, 1.82) is 0 Å². The van der Waals surface area contributed by atoms with Crippen molar-refractivity contribution in [2.75, 3.05) is 0 Å². The number of fused-ring (bicyclic) bond motifs is 1. The number of rotatable bonds is 1. The highest BCUT2D eigenvalue weighted by molar-refractivity contribution is 5.79. The molecule has 1 aromatic carbocycles. The molecule has 0 saturated heterocycles. The molecule has 0 atom stereocenters. The summed E-state index contributed by atoms with van der Waals surface area (Å²) in [6.45, 7) is 0. The van der Waals surface area contributed by atoms with Gasteiger partial charge >= 0.3 is 0 Å². The molecule has 3 nitrogen and oxygen atoms in total. The van der Waals surface area contributed by atoms with E-state index in [2.05, 4.69) is 16.0 Å². The Labute approximate surface area is 92.4 Å². The zero-order valence-corrected chi connectivity index (χ0v) is 8.44. The Morgan fingerprint density at radius 2 is 2.12 bits per heavy atom. The highest BCUT2D eigenvalue weighted by atomic mass is 16.3. The first-order chi connectivity index (χ1) is 7.84. The number of nitrogens with one attached hydrogen (secondary N) is 1. The van der Waals surface area contributed by atoms with Crippen LogP contribution in [-0.2, 0) is 0 Å². The Bertz CT molecular complexity index is 643. The van der Waals surface area contributed by atoms with E-state index in [0.717, 1.165) is 11.0 Å². The molecule has 2 aromatic heterocycles. The zero-order chi connectivity index (χ0) is 11.0. The minimum absolute atomic E-state index is 0.195. The largest absolute Gasteiger partial charge is 0.507 e. The fourth-order valence-electron chi connectivity index (χ4n) is 1.70. The van der Waals surface area contributed by atoms with E-state index < -0.39 is 0 Å². The highest BCUT2D eigenvalue weighted by Gasteiger charge is 2.06. The minimum atomic E-state index is 0.195. The molecule has 0 aliphatic carbocycles. The van der Waals surface area contributed by atoms with Crippen LogP contribution in [0.3, 0.4) is 0 Å². The van der Waals surface area contributed by atoms with Crippen molar-refractivity contribution >= 4 is 11.0 Å². The van der Waals surface area contributed by atoms with Gasteiger partial charge in [-0.3, -0.25) is 0 Å². The molecule has 16 heavy (non-hydrogen) atoms. The van der Waals surface area contributed by atoms with Crippen molar-refractivity contribution in [2.45, 2.75) is 0 Å². The Kier molecular flexibility index (Phi) is 1.90. The van der Waals surface area contributed by atoms with Crippen molar-refractivity contribution in [3.05, 3.63) is 48.7 Å². The molecule has 3 aromatic rings. The average molecular weight is 209 g/mol. The lowest BCUT2D eigenvalue weighted by molar-refractivity contribution is 0.477. The molecule has 77 valence electrons. The van der Waals surface area contributed by atoms with Gasteiger partial charge in [-0.2, -0.15) is 0 Å². The molecule has 3 heteroatoms. The third-order valence-corrected chi connectivity index (χ3v) is 2.50.